The third-order valence-electron chi connectivity index (χ3n) is 2.67. The molecule has 3 heterocycles. The van der Waals surface area contributed by atoms with Crippen LogP contribution in [0.5, 0.6) is 0 Å². The first-order valence-corrected chi connectivity index (χ1v) is 27.7. The van der Waals surface area contributed by atoms with Gasteiger partial charge < -0.3 is 65.8 Å². The Bertz CT molecular complexity index is 240. The second-order valence-corrected chi connectivity index (χ2v) is 35.1. The van der Waals surface area contributed by atoms with Crippen molar-refractivity contribution in [1.82, 2.24) is 0 Å². The largest absolute Gasteiger partial charge is 0.425 e. The summed E-state index contributed by atoms with van der Waals surface area (Å²) in [7, 11) is -12.1. The Kier molecular flexibility index (Phi) is 30.9. The van der Waals surface area contributed by atoms with Gasteiger partial charge in [-0.3, -0.25) is 0 Å². The molecule has 3 aliphatic rings. The topological polar surface area (TPSA) is 148 Å². The molecule has 0 spiro atoms. The summed E-state index contributed by atoms with van der Waals surface area (Å²) in [6, 6.07) is 0. The maximum Gasteiger partial charge on any atom is 0.286 e. The SMILES string of the molecule is O1[SiH2]O[SiH2]O[SiH2]1.O1[SiH2]O[SiH2]O[SiH2]O[SiH2]O[SiH2]O[SiH2]1.O1[SiH2]O[SiH2]O[SiH2]O[SiH2]O[SiH2]O[SiH2]O[SiH2]1. The predicted molar refractivity (Wildman–Crippen MR) is 154 cm³/mol. The molecule has 0 aromatic rings. The fourth-order valence-corrected chi connectivity index (χ4v) is 30.4. The first-order valence-electron chi connectivity index (χ1n) is 9.24. The van der Waals surface area contributed by atoms with Gasteiger partial charge >= 0.3 is 0 Å². The van der Waals surface area contributed by atoms with Gasteiger partial charge in [0.2, 0.25) is 0 Å². The lowest BCUT2D eigenvalue weighted by atomic mass is 15.7. The third kappa shape index (κ3) is 27.4. The maximum absolute atomic E-state index is 5.28. The van der Waals surface area contributed by atoms with E-state index in [1.807, 2.05) is 0 Å². The standard InChI is InChI=1S/H14O7Si7.H12O6Si6.H6O3Si3/c1-8-2-10-4-12-6-14-7-13-5-11-3-9-1;1-7-2-9-4-11-6-12-5-10-3-8-1;1-4-2-6-3-5-1/h8-14H2;7-12H2;4-6H2. The summed E-state index contributed by atoms with van der Waals surface area (Å²) in [5.74, 6) is 0. The average molecular weight is 738 g/mol. The highest BCUT2D eigenvalue weighted by atomic mass is 28.4. The Hall–Kier alpha value is 2.83. The highest BCUT2D eigenvalue weighted by molar-refractivity contribution is 6.52. The van der Waals surface area contributed by atoms with Crippen molar-refractivity contribution < 1.29 is 65.8 Å². The van der Waals surface area contributed by atoms with Crippen LogP contribution >= 0.6 is 0 Å². The first-order chi connectivity index (χ1) is 16.0. The monoisotopic (exact) mass is 736 g/mol. The minimum absolute atomic E-state index is 0.493. The molecule has 3 saturated heterocycles. The fourth-order valence-electron chi connectivity index (χ4n) is 1.49. The molecule has 0 amide bonds. The highest BCUT2D eigenvalue weighted by Crippen LogP contribution is 1.81. The zero-order chi connectivity index (χ0) is 22.6. The molecule has 0 atom stereocenters. The van der Waals surface area contributed by atoms with Crippen molar-refractivity contribution in [3.63, 3.8) is 0 Å². The van der Waals surface area contributed by atoms with Crippen molar-refractivity contribution in [3.8, 4) is 0 Å². The second kappa shape index (κ2) is 30.1. The van der Waals surface area contributed by atoms with E-state index in [1.165, 1.54) is 0 Å². The minimum atomic E-state index is -0.835. The third-order valence-corrected chi connectivity index (χ3v) is 24.0. The summed E-state index contributed by atoms with van der Waals surface area (Å²) in [6.07, 6.45) is 0. The molecule has 0 aromatic carbocycles. The summed E-state index contributed by atoms with van der Waals surface area (Å²) in [6.45, 7) is 0. The van der Waals surface area contributed by atoms with Crippen LogP contribution in [-0.2, 0) is 65.8 Å². The van der Waals surface area contributed by atoms with E-state index in [-0.39, 0.29) is 0 Å². The Morgan fingerprint density at radius 2 is 0.188 bits per heavy atom. The van der Waals surface area contributed by atoms with Gasteiger partial charge in [0.25, 0.3) is 160 Å². The molecule has 0 aliphatic carbocycles. The Labute approximate surface area is 224 Å². The molecule has 192 valence electrons. The molecule has 0 bridgehead atoms. The van der Waals surface area contributed by atoms with Crippen molar-refractivity contribution in [2.45, 2.75) is 0 Å². The van der Waals surface area contributed by atoms with Crippen LogP contribution in [0.3, 0.4) is 0 Å². The average Bonchev–Trinajstić information content (AvgIpc) is 2.83. The van der Waals surface area contributed by atoms with Gasteiger partial charge in [0.15, 0.2) is 0 Å². The van der Waals surface area contributed by atoms with E-state index in [9.17, 15) is 0 Å². The van der Waals surface area contributed by atoms with Crippen LogP contribution in [0.15, 0.2) is 0 Å². The minimum Gasteiger partial charge on any atom is -0.425 e. The van der Waals surface area contributed by atoms with Gasteiger partial charge in [0.05, 0.1) is 0 Å². The van der Waals surface area contributed by atoms with Gasteiger partial charge in [-0.2, -0.15) is 0 Å². The molecule has 32 heavy (non-hydrogen) atoms. The normalized spacial score (nSPS) is 36.0. The summed E-state index contributed by atoms with van der Waals surface area (Å²) >= 11 is 0. The van der Waals surface area contributed by atoms with Gasteiger partial charge in [-0.15, -0.1) is 0 Å². The van der Waals surface area contributed by atoms with Crippen LogP contribution in [-0.4, -0.2) is 160 Å². The summed E-state index contributed by atoms with van der Waals surface area (Å²) in [4.78, 5) is 0. The molecule has 32 heteroatoms. The molecule has 3 aliphatic heterocycles. The zero-order valence-electron chi connectivity index (χ0n) is 17.8. The number of hydrogen-bond donors (Lipinski definition) is 0. The predicted octanol–water partition coefficient (Wildman–Crippen LogP) is -15.8. The van der Waals surface area contributed by atoms with Gasteiger partial charge in [0.1, 0.15) is 0 Å². The van der Waals surface area contributed by atoms with Gasteiger partial charge in [-0.05, 0) is 0 Å². The van der Waals surface area contributed by atoms with E-state index in [1.54, 1.807) is 0 Å². The van der Waals surface area contributed by atoms with Crippen molar-refractivity contribution in [2.75, 3.05) is 0 Å². The molecule has 0 radical (unpaired) electrons. The number of rotatable bonds is 0. The van der Waals surface area contributed by atoms with Crippen LogP contribution in [0, 0.1) is 0 Å². The quantitative estimate of drug-likeness (QED) is 0.217. The fraction of sp³-hybridized carbons (Fsp3) is 0. The molecular weight excluding hydrogens is 705 g/mol. The van der Waals surface area contributed by atoms with Gasteiger partial charge in [0, 0.05) is 0 Å². The van der Waals surface area contributed by atoms with Gasteiger partial charge in [-0.1, -0.05) is 0 Å². The molecule has 0 aromatic heterocycles. The van der Waals surface area contributed by atoms with E-state index in [4.69, 9.17) is 65.8 Å². The van der Waals surface area contributed by atoms with Crippen molar-refractivity contribution in [1.29, 1.82) is 0 Å². The molecule has 0 N–H and O–H groups in total. The van der Waals surface area contributed by atoms with Crippen molar-refractivity contribution >= 4 is 160 Å². The van der Waals surface area contributed by atoms with Crippen LogP contribution in [0.2, 0.25) is 0 Å². The summed E-state index contributed by atoms with van der Waals surface area (Å²) in [5.41, 5.74) is 0. The zero-order valence-corrected chi connectivity index (χ0v) is 40.5. The molecule has 16 nitrogen and oxygen atoms in total. The lowest BCUT2D eigenvalue weighted by Crippen LogP contribution is -2.23. The maximum atomic E-state index is 5.28. The van der Waals surface area contributed by atoms with Crippen LogP contribution in [0.25, 0.3) is 0 Å². The Morgan fingerprint density at radius 3 is 0.250 bits per heavy atom. The van der Waals surface area contributed by atoms with E-state index < -0.39 is 160 Å². The van der Waals surface area contributed by atoms with Crippen LogP contribution < -0.4 is 0 Å². The number of hydrogen-bond acceptors (Lipinski definition) is 16. The second-order valence-electron chi connectivity index (χ2n) is 5.15. The van der Waals surface area contributed by atoms with Crippen LogP contribution in [0.1, 0.15) is 0 Å². The van der Waals surface area contributed by atoms with E-state index >= 15 is 0 Å². The molecule has 0 unspecified atom stereocenters. The molecule has 3 rings (SSSR count). The van der Waals surface area contributed by atoms with Gasteiger partial charge in [-0.25, -0.2) is 0 Å². The van der Waals surface area contributed by atoms with E-state index in [0.717, 1.165) is 0 Å². The lowest BCUT2D eigenvalue weighted by Gasteiger charge is -2.10. The smallest absolute Gasteiger partial charge is 0.286 e. The van der Waals surface area contributed by atoms with E-state index in [2.05, 4.69) is 0 Å². The molecule has 3 fully saturated rings. The summed E-state index contributed by atoms with van der Waals surface area (Å²) in [5, 5.41) is 0. The summed E-state index contributed by atoms with van der Waals surface area (Å²) < 4.78 is 83.2. The molecular formula is H32O16Si16. The van der Waals surface area contributed by atoms with Crippen molar-refractivity contribution in [3.05, 3.63) is 0 Å². The first kappa shape index (κ1) is 32.9. The van der Waals surface area contributed by atoms with Crippen molar-refractivity contribution in [2.24, 2.45) is 0 Å². The molecule has 0 saturated carbocycles. The Morgan fingerprint density at radius 1 is 0.125 bits per heavy atom. The highest BCUT2D eigenvalue weighted by Gasteiger charge is 1.99. The van der Waals surface area contributed by atoms with Crippen LogP contribution in [0.4, 0.5) is 0 Å². The Balaban J connectivity index is 0.000000257. The lowest BCUT2D eigenvalue weighted by molar-refractivity contribution is 0.346. The van der Waals surface area contributed by atoms with E-state index in [0.29, 0.717) is 0 Å².